The number of halogens is 2. The van der Waals surface area contributed by atoms with Gasteiger partial charge in [0.05, 0.1) is 17.3 Å². The molecule has 0 aliphatic carbocycles. The normalized spacial score (nSPS) is 10.3. The first-order valence-electron chi connectivity index (χ1n) is 6.42. The van der Waals surface area contributed by atoms with E-state index < -0.39 is 0 Å². The molecule has 0 aliphatic heterocycles. The Bertz CT molecular complexity index is 667. The molecule has 2 aromatic rings. The van der Waals surface area contributed by atoms with Crippen molar-refractivity contribution >= 4 is 40.7 Å². The zero-order valence-electron chi connectivity index (χ0n) is 11.8. The van der Waals surface area contributed by atoms with Crippen molar-refractivity contribution in [3.05, 3.63) is 46.2 Å². The number of aromatic nitrogens is 2. The van der Waals surface area contributed by atoms with Crippen LogP contribution >= 0.6 is 23.2 Å². The lowest BCUT2D eigenvalue weighted by Gasteiger charge is -2.08. The number of hydrogen-bond donors (Lipinski definition) is 2. The first kappa shape index (κ1) is 16.5. The zero-order chi connectivity index (χ0) is 15.9. The molecule has 116 valence electrons. The molecule has 0 radical (unpaired) electrons. The number of nitrogens with one attached hydrogen (secondary N) is 2. The van der Waals surface area contributed by atoms with Gasteiger partial charge in [-0.2, -0.15) is 0 Å². The Morgan fingerprint density at radius 2 is 2.14 bits per heavy atom. The average Bonchev–Trinajstić information content (AvgIpc) is 2.50. The number of anilines is 2. The molecule has 0 aliphatic rings. The Kier molecular flexibility index (Phi) is 5.94. The molecule has 22 heavy (non-hydrogen) atoms. The van der Waals surface area contributed by atoms with Crippen LogP contribution in [0.4, 0.5) is 11.6 Å². The van der Waals surface area contributed by atoms with Gasteiger partial charge < -0.3 is 15.4 Å². The van der Waals surface area contributed by atoms with E-state index in [0.717, 1.165) is 0 Å². The highest BCUT2D eigenvalue weighted by molar-refractivity contribution is 6.36. The number of hydrogen-bond acceptors (Lipinski definition) is 5. The Morgan fingerprint density at radius 3 is 2.86 bits per heavy atom. The molecular formula is C14H14Cl2N4O2. The Hall–Kier alpha value is -1.89. The molecule has 0 fully saturated rings. The minimum atomic E-state index is -0.388. The highest BCUT2D eigenvalue weighted by Gasteiger charge is 2.11. The van der Waals surface area contributed by atoms with Crippen molar-refractivity contribution in [3.63, 3.8) is 0 Å². The number of ether oxygens (including phenoxy) is 1. The van der Waals surface area contributed by atoms with Crippen LogP contribution in [-0.4, -0.2) is 36.1 Å². The van der Waals surface area contributed by atoms with E-state index in [-0.39, 0.29) is 11.6 Å². The minimum absolute atomic E-state index is 0.223. The molecule has 0 bridgehead atoms. The van der Waals surface area contributed by atoms with Crippen LogP contribution in [0.15, 0.2) is 30.5 Å². The van der Waals surface area contributed by atoms with E-state index in [2.05, 4.69) is 20.6 Å². The van der Waals surface area contributed by atoms with Gasteiger partial charge in [-0.1, -0.05) is 23.2 Å². The highest BCUT2D eigenvalue weighted by atomic mass is 35.5. The van der Waals surface area contributed by atoms with Crippen LogP contribution in [0.1, 0.15) is 10.5 Å². The number of benzene rings is 1. The second kappa shape index (κ2) is 7.93. The summed E-state index contributed by atoms with van der Waals surface area (Å²) in [5.41, 5.74) is 0.685. The van der Waals surface area contributed by atoms with E-state index in [1.807, 2.05) is 0 Å². The van der Waals surface area contributed by atoms with Gasteiger partial charge in [-0.15, -0.1) is 0 Å². The summed E-state index contributed by atoms with van der Waals surface area (Å²) in [5, 5.41) is 6.48. The van der Waals surface area contributed by atoms with Gasteiger partial charge in [-0.05, 0) is 24.3 Å². The summed E-state index contributed by atoms with van der Waals surface area (Å²) < 4.78 is 4.92. The van der Waals surface area contributed by atoms with Crippen LogP contribution in [0.5, 0.6) is 0 Å². The molecule has 0 unspecified atom stereocenters. The third kappa shape index (κ3) is 4.56. The van der Waals surface area contributed by atoms with Crippen LogP contribution in [-0.2, 0) is 4.74 Å². The maximum atomic E-state index is 12.2. The second-order valence-electron chi connectivity index (χ2n) is 4.26. The maximum Gasteiger partial charge on any atom is 0.274 e. The van der Waals surface area contributed by atoms with Crippen LogP contribution in [0.3, 0.4) is 0 Å². The molecule has 2 N–H and O–H groups in total. The fraction of sp³-hybridized carbons (Fsp3) is 0.214. The van der Waals surface area contributed by atoms with Gasteiger partial charge >= 0.3 is 0 Å². The molecule has 0 saturated heterocycles. The predicted molar refractivity (Wildman–Crippen MR) is 86.8 cm³/mol. The second-order valence-corrected chi connectivity index (χ2v) is 5.11. The molecule has 0 spiro atoms. The molecule has 8 heteroatoms. The number of nitrogens with zero attached hydrogens (tertiary/aromatic N) is 2. The van der Waals surface area contributed by atoms with Crippen LogP contribution in [0.2, 0.25) is 10.0 Å². The van der Waals surface area contributed by atoms with Gasteiger partial charge in [0.1, 0.15) is 5.69 Å². The third-order valence-corrected chi connectivity index (χ3v) is 3.20. The third-order valence-electron chi connectivity index (χ3n) is 2.66. The monoisotopic (exact) mass is 340 g/mol. The Labute approximate surface area is 137 Å². The summed E-state index contributed by atoms with van der Waals surface area (Å²) in [6.07, 6.45) is 1.50. The maximum absolute atomic E-state index is 12.2. The minimum Gasteiger partial charge on any atom is -0.383 e. The van der Waals surface area contributed by atoms with Crippen LogP contribution in [0, 0.1) is 0 Å². The summed E-state index contributed by atoms with van der Waals surface area (Å²) in [4.78, 5) is 20.3. The first-order chi connectivity index (χ1) is 10.6. The van der Waals surface area contributed by atoms with Gasteiger partial charge in [0.15, 0.2) is 0 Å². The van der Waals surface area contributed by atoms with E-state index in [0.29, 0.717) is 34.8 Å². The zero-order valence-corrected chi connectivity index (χ0v) is 13.3. The quantitative estimate of drug-likeness (QED) is 0.790. The van der Waals surface area contributed by atoms with Gasteiger partial charge in [0, 0.05) is 24.9 Å². The van der Waals surface area contributed by atoms with E-state index >= 15 is 0 Å². The topological polar surface area (TPSA) is 76.1 Å². The molecular weight excluding hydrogens is 327 g/mol. The molecule has 1 heterocycles. The van der Waals surface area contributed by atoms with Gasteiger partial charge in [0.2, 0.25) is 5.95 Å². The van der Waals surface area contributed by atoms with Crippen molar-refractivity contribution < 1.29 is 9.53 Å². The number of amides is 1. The van der Waals surface area contributed by atoms with Gasteiger partial charge in [-0.25, -0.2) is 9.97 Å². The van der Waals surface area contributed by atoms with Crippen molar-refractivity contribution in [2.24, 2.45) is 0 Å². The summed E-state index contributed by atoms with van der Waals surface area (Å²) in [6, 6.07) is 6.33. The van der Waals surface area contributed by atoms with Crippen molar-refractivity contribution in [2.45, 2.75) is 0 Å². The summed E-state index contributed by atoms with van der Waals surface area (Å²) in [6.45, 7) is 1.06. The van der Waals surface area contributed by atoms with Gasteiger partial charge in [0.25, 0.3) is 5.91 Å². The molecule has 1 aromatic heterocycles. The average molecular weight is 341 g/mol. The fourth-order valence-electron chi connectivity index (χ4n) is 1.61. The number of rotatable bonds is 6. The van der Waals surface area contributed by atoms with Gasteiger partial charge in [-0.3, -0.25) is 4.79 Å². The SMILES string of the molecule is COCCNc1nccc(C(=O)Nc2ccc(Cl)cc2Cl)n1. The number of carbonyl (C=O) groups is 1. The van der Waals surface area contributed by atoms with E-state index in [4.69, 9.17) is 27.9 Å². The van der Waals surface area contributed by atoms with Crippen LogP contribution in [0.25, 0.3) is 0 Å². The summed E-state index contributed by atoms with van der Waals surface area (Å²) in [7, 11) is 1.60. The lowest BCUT2D eigenvalue weighted by Crippen LogP contribution is -2.16. The Balaban J connectivity index is 2.07. The molecule has 0 saturated carbocycles. The largest absolute Gasteiger partial charge is 0.383 e. The highest BCUT2D eigenvalue weighted by Crippen LogP contribution is 2.25. The molecule has 2 rings (SSSR count). The molecule has 1 amide bonds. The smallest absolute Gasteiger partial charge is 0.274 e. The fourth-order valence-corrected chi connectivity index (χ4v) is 2.07. The van der Waals surface area contributed by atoms with Crippen molar-refractivity contribution in [1.82, 2.24) is 9.97 Å². The predicted octanol–water partition coefficient (Wildman–Crippen LogP) is 3.09. The number of methoxy groups -OCH3 is 1. The summed E-state index contributed by atoms with van der Waals surface area (Å²) in [5.74, 6) is -0.0340. The molecule has 0 atom stereocenters. The Morgan fingerprint density at radius 1 is 1.32 bits per heavy atom. The van der Waals surface area contributed by atoms with Crippen molar-refractivity contribution in [1.29, 1.82) is 0 Å². The first-order valence-corrected chi connectivity index (χ1v) is 7.18. The molecule has 1 aromatic carbocycles. The molecule has 6 nitrogen and oxygen atoms in total. The van der Waals surface area contributed by atoms with Crippen LogP contribution < -0.4 is 10.6 Å². The number of carbonyl (C=O) groups excluding carboxylic acids is 1. The van der Waals surface area contributed by atoms with E-state index in [1.54, 1.807) is 25.3 Å². The summed E-state index contributed by atoms with van der Waals surface area (Å²) >= 11 is 11.8. The lowest BCUT2D eigenvalue weighted by molar-refractivity contribution is 0.102. The van der Waals surface area contributed by atoms with Crippen molar-refractivity contribution in [3.8, 4) is 0 Å². The lowest BCUT2D eigenvalue weighted by atomic mass is 10.3. The van der Waals surface area contributed by atoms with E-state index in [9.17, 15) is 4.79 Å². The standard InChI is InChI=1S/C14H14Cl2N4O2/c1-22-7-6-18-14-17-5-4-12(20-14)13(21)19-11-3-2-9(15)8-10(11)16/h2-5,8H,6-7H2,1H3,(H,19,21)(H,17,18,20). The van der Waals surface area contributed by atoms with Crippen molar-refractivity contribution in [2.75, 3.05) is 30.9 Å². The van der Waals surface area contributed by atoms with E-state index in [1.165, 1.54) is 12.3 Å².